The van der Waals surface area contributed by atoms with E-state index in [1.54, 1.807) is 36.4 Å². The summed E-state index contributed by atoms with van der Waals surface area (Å²) in [5, 5.41) is 9.23. The van der Waals surface area contributed by atoms with E-state index in [0.717, 1.165) is 16.7 Å². The highest BCUT2D eigenvalue weighted by atomic mass is 32.2. The quantitative estimate of drug-likeness (QED) is 0.803. The normalized spacial score (nSPS) is 12.4. The van der Waals surface area contributed by atoms with E-state index in [1.807, 2.05) is 13.0 Å². The van der Waals surface area contributed by atoms with E-state index in [2.05, 4.69) is 0 Å². The lowest BCUT2D eigenvalue weighted by Crippen LogP contribution is -1.91. The highest BCUT2D eigenvalue weighted by Crippen LogP contribution is 2.26. The Morgan fingerprint density at radius 2 is 1.71 bits per heavy atom. The van der Waals surface area contributed by atoms with Gasteiger partial charge in [0.1, 0.15) is 5.75 Å². The van der Waals surface area contributed by atoms with Crippen LogP contribution in [0.3, 0.4) is 0 Å². The third kappa shape index (κ3) is 2.54. The second kappa shape index (κ2) is 4.69. The Labute approximate surface area is 102 Å². The molecule has 0 amide bonds. The van der Waals surface area contributed by atoms with Gasteiger partial charge >= 0.3 is 0 Å². The van der Waals surface area contributed by atoms with Gasteiger partial charge in [-0.15, -0.1) is 0 Å². The van der Waals surface area contributed by atoms with E-state index in [9.17, 15) is 9.32 Å². The Bertz CT molecular complexity index is 561. The fraction of sp³-hybridized carbons (Fsp3) is 0.0769. The van der Waals surface area contributed by atoms with E-state index >= 15 is 0 Å². The molecule has 17 heavy (non-hydrogen) atoms. The topological polar surface area (TPSA) is 57.5 Å². The molecule has 0 heterocycles. The second-order valence-corrected chi connectivity index (χ2v) is 4.74. The third-order valence-electron chi connectivity index (χ3n) is 2.59. The first-order valence-corrected chi connectivity index (χ1v) is 6.19. The van der Waals surface area contributed by atoms with E-state index in [-0.39, 0.29) is 5.75 Å². The van der Waals surface area contributed by atoms with E-state index in [0.29, 0.717) is 4.90 Å². The maximum Gasteiger partial charge on any atom is 0.186 e. The molecular formula is C13H12O3S. The minimum Gasteiger partial charge on any atom is -0.508 e. The van der Waals surface area contributed by atoms with Crippen molar-refractivity contribution >= 4 is 11.1 Å². The SMILES string of the molecule is Cc1ccc(S(=O)O)cc1-c1ccc(O)cc1. The van der Waals surface area contributed by atoms with Crippen LogP contribution < -0.4 is 0 Å². The van der Waals surface area contributed by atoms with Crippen molar-refractivity contribution in [1.29, 1.82) is 0 Å². The number of hydrogen-bond acceptors (Lipinski definition) is 2. The summed E-state index contributed by atoms with van der Waals surface area (Å²) in [6.07, 6.45) is 0. The van der Waals surface area contributed by atoms with Gasteiger partial charge in [0.15, 0.2) is 11.1 Å². The molecule has 88 valence electrons. The smallest absolute Gasteiger partial charge is 0.186 e. The van der Waals surface area contributed by atoms with Crippen molar-refractivity contribution in [2.75, 3.05) is 0 Å². The maximum absolute atomic E-state index is 11.0. The standard InChI is InChI=1S/C13H12O3S/c1-9-2-7-12(17(15)16)8-13(9)10-3-5-11(14)6-4-10/h2-8,14H,1H3,(H,15,16). The largest absolute Gasteiger partial charge is 0.508 e. The van der Waals surface area contributed by atoms with Crippen LogP contribution in [0.5, 0.6) is 5.75 Å². The first kappa shape index (κ1) is 11.8. The van der Waals surface area contributed by atoms with Gasteiger partial charge in [-0.1, -0.05) is 18.2 Å². The molecule has 2 N–H and O–H groups in total. The van der Waals surface area contributed by atoms with Gasteiger partial charge in [0.2, 0.25) is 0 Å². The molecule has 1 atom stereocenters. The summed E-state index contributed by atoms with van der Waals surface area (Å²) >= 11 is -1.98. The van der Waals surface area contributed by atoms with Crippen molar-refractivity contribution in [2.24, 2.45) is 0 Å². The molecule has 0 aromatic heterocycles. The first-order chi connectivity index (χ1) is 8.08. The van der Waals surface area contributed by atoms with Crippen LogP contribution in [0.4, 0.5) is 0 Å². The fourth-order valence-corrected chi connectivity index (χ4v) is 2.06. The number of phenols is 1. The van der Waals surface area contributed by atoms with Gasteiger partial charge in [-0.3, -0.25) is 0 Å². The molecule has 0 saturated carbocycles. The van der Waals surface area contributed by atoms with Gasteiger partial charge in [-0.05, 0) is 47.9 Å². The molecule has 2 aromatic carbocycles. The fourth-order valence-electron chi connectivity index (χ4n) is 1.66. The molecule has 0 radical (unpaired) electrons. The summed E-state index contributed by atoms with van der Waals surface area (Å²) < 4.78 is 20.1. The van der Waals surface area contributed by atoms with Crippen LogP contribution >= 0.6 is 0 Å². The number of rotatable bonds is 2. The summed E-state index contributed by atoms with van der Waals surface area (Å²) in [4.78, 5) is 0.374. The molecule has 0 fully saturated rings. The summed E-state index contributed by atoms with van der Waals surface area (Å²) in [6, 6.07) is 11.9. The molecule has 0 spiro atoms. The third-order valence-corrected chi connectivity index (χ3v) is 3.25. The number of aryl methyl sites for hydroxylation is 1. The average molecular weight is 248 g/mol. The van der Waals surface area contributed by atoms with Crippen molar-refractivity contribution in [3.05, 3.63) is 48.0 Å². The van der Waals surface area contributed by atoms with Crippen LogP contribution in [0, 0.1) is 6.92 Å². The van der Waals surface area contributed by atoms with E-state index < -0.39 is 11.1 Å². The lowest BCUT2D eigenvalue weighted by atomic mass is 10.0. The molecule has 0 bridgehead atoms. The molecule has 2 aromatic rings. The molecule has 1 unspecified atom stereocenters. The van der Waals surface area contributed by atoms with Gasteiger partial charge in [0.25, 0.3) is 0 Å². The molecule has 0 saturated heterocycles. The van der Waals surface area contributed by atoms with Gasteiger partial charge in [0.05, 0.1) is 4.90 Å². The predicted octanol–water partition coefficient (Wildman–Crippen LogP) is 2.95. The molecule has 2 rings (SSSR count). The monoisotopic (exact) mass is 248 g/mol. The van der Waals surface area contributed by atoms with Crippen molar-refractivity contribution < 1.29 is 13.9 Å². The summed E-state index contributed by atoms with van der Waals surface area (Å²) in [5.41, 5.74) is 2.82. The lowest BCUT2D eigenvalue weighted by Gasteiger charge is -2.07. The first-order valence-electron chi connectivity index (χ1n) is 5.09. The van der Waals surface area contributed by atoms with Crippen molar-refractivity contribution in [1.82, 2.24) is 0 Å². The van der Waals surface area contributed by atoms with Crippen molar-refractivity contribution in [2.45, 2.75) is 11.8 Å². The highest BCUT2D eigenvalue weighted by molar-refractivity contribution is 7.79. The molecule has 0 aliphatic rings. The van der Waals surface area contributed by atoms with Gasteiger partial charge in [0, 0.05) is 0 Å². The minimum absolute atomic E-state index is 0.202. The van der Waals surface area contributed by atoms with Gasteiger partial charge in [-0.2, -0.15) is 0 Å². The molecule has 4 heteroatoms. The lowest BCUT2D eigenvalue weighted by molar-refractivity contribution is 0.475. The van der Waals surface area contributed by atoms with Crippen LogP contribution in [0.15, 0.2) is 47.4 Å². The molecule has 0 aliphatic heterocycles. The molecule has 0 aliphatic carbocycles. The zero-order valence-electron chi connectivity index (χ0n) is 9.25. The highest BCUT2D eigenvalue weighted by Gasteiger charge is 2.06. The zero-order chi connectivity index (χ0) is 12.4. The minimum atomic E-state index is -1.98. The average Bonchev–Trinajstić information content (AvgIpc) is 2.31. The van der Waals surface area contributed by atoms with Crippen LogP contribution in [-0.2, 0) is 11.1 Å². The zero-order valence-corrected chi connectivity index (χ0v) is 10.1. The van der Waals surface area contributed by atoms with Crippen LogP contribution in [-0.4, -0.2) is 13.9 Å². The van der Waals surface area contributed by atoms with Crippen molar-refractivity contribution in [3.63, 3.8) is 0 Å². The van der Waals surface area contributed by atoms with Crippen LogP contribution in [0.25, 0.3) is 11.1 Å². The number of hydrogen-bond donors (Lipinski definition) is 2. The Kier molecular flexibility index (Phi) is 3.26. The number of phenolic OH excluding ortho intramolecular Hbond substituents is 1. The van der Waals surface area contributed by atoms with E-state index in [1.165, 1.54) is 0 Å². The molecule has 3 nitrogen and oxygen atoms in total. The van der Waals surface area contributed by atoms with Crippen molar-refractivity contribution in [3.8, 4) is 16.9 Å². The van der Waals surface area contributed by atoms with Crippen LogP contribution in [0.2, 0.25) is 0 Å². The summed E-state index contributed by atoms with van der Waals surface area (Å²) in [7, 11) is 0. The number of aromatic hydroxyl groups is 1. The number of benzene rings is 2. The summed E-state index contributed by atoms with van der Waals surface area (Å²) in [6.45, 7) is 1.94. The molecular weight excluding hydrogens is 236 g/mol. The van der Waals surface area contributed by atoms with Crippen LogP contribution in [0.1, 0.15) is 5.56 Å². The summed E-state index contributed by atoms with van der Waals surface area (Å²) in [5.74, 6) is 0.202. The van der Waals surface area contributed by atoms with Gasteiger partial charge in [-0.25, -0.2) is 4.21 Å². The predicted molar refractivity (Wildman–Crippen MR) is 67.3 cm³/mol. The van der Waals surface area contributed by atoms with E-state index in [4.69, 9.17) is 4.55 Å². The Hall–Kier alpha value is -1.65. The van der Waals surface area contributed by atoms with Gasteiger partial charge < -0.3 is 9.66 Å². The second-order valence-electron chi connectivity index (χ2n) is 3.77. The Morgan fingerprint density at radius 3 is 2.29 bits per heavy atom. The Morgan fingerprint density at radius 1 is 1.06 bits per heavy atom. The maximum atomic E-state index is 11.0. The Balaban J connectivity index is 2.54.